The van der Waals surface area contributed by atoms with E-state index in [1.165, 1.54) is 32.1 Å². The molecule has 1 rings (SSSR count). The van der Waals surface area contributed by atoms with E-state index in [0.717, 1.165) is 31.0 Å². The summed E-state index contributed by atoms with van der Waals surface area (Å²) in [7, 11) is 0. The zero-order valence-electron chi connectivity index (χ0n) is 10.4. The third kappa shape index (κ3) is 5.90. The quantitative estimate of drug-likeness (QED) is 0.612. The van der Waals surface area contributed by atoms with Crippen molar-refractivity contribution in [3.05, 3.63) is 0 Å². The third-order valence-corrected chi connectivity index (χ3v) is 3.95. The van der Waals surface area contributed by atoms with Crippen molar-refractivity contribution in [2.75, 3.05) is 18.1 Å². The van der Waals surface area contributed by atoms with Crippen LogP contribution in [-0.4, -0.2) is 30.0 Å². The smallest absolute Gasteiger partial charge is 0.162 e. The average Bonchev–Trinajstić information content (AvgIpc) is 2.34. The van der Waals surface area contributed by atoms with Gasteiger partial charge in [-0.3, -0.25) is 4.79 Å². The number of hydrogen-bond acceptors (Lipinski definition) is 3. The molecular formula is C13H24O2S. The molecule has 16 heavy (non-hydrogen) atoms. The van der Waals surface area contributed by atoms with Gasteiger partial charge in [-0.2, -0.15) is 11.8 Å². The van der Waals surface area contributed by atoms with Gasteiger partial charge in [-0.25, -0.2) is 0 Å². The lowest BCUT2D eigenvalue weighted by Gasteiger charge is -2.20. The first-order valence-corrected chi connectivity index (χ1v) is 7.72. The number of unbranched alkanes of at least 4 members (excludes halogenated alkanes) is 5. The van der Waals surface area contributed by atoms with E-state index in [4.69, 9.17) is 4.74 Å². The Morgan fingerprint density at radius 3 is 2.69 bits per heavy atom. The van der Waals surface area contributed by atoms with Gasteiger partial charge in [-0.05, 0) is 6.42 Å². The van der Waals surface area contributed by atoms with Crippen molar-refractivity contribution in [1.29, 1.82) is 0 Å². The van der Waals surface area contributed by atoms with Gasteiger partial charge in [-0.15, -0.1) is 0 Å². The molecule has 0 radical (unpaired) electrons. The molecule has 0 saturated carbocycles. The second-order valence-electron chi connectivity index (χ2n) is 4.42. The molecule has 1 fully saturated rings. The maximum absolute atomic E-state index is 11.7. The summed E-state index contributed by atoms with van der Waals surface area (Å²) in [6.07, 6.45) is 8.08. The Hall–Kier alpha value is -0.0200. The molecule has 1 unspecified atom stereocenters. The summed E-state index contributed by atoms with van der Waals surface area (Å²) >= 11 is 1.84. The minimum atomic E-state index is -0.102. The number of ether oxygens (including phenoxy) is 1. The first-order chi connectivity index (χ1) is 7.84. The molecule has 0 aromatic heterocycles. The Balaban J connectivity index is 1.97. The summed E-state index contributed by atoms with van der Waals surface area (Å²) in [5.74, 6) is 2.23. The first-order valence-electron chi connectivity index (χ1n) is 6.56. The van der Waals surface area contributed by atoms with Crippen LogP contribution in [0.15, 0.2) is 0 Å². The highest BCUT2D eigenvalue weighted by Gasteiger charge is 2.21. The van der Waals surface area contributed by atoms with Gasteiger partial charge >= 0.3 is 0 Å². The predicted molar refractivity (Wildman–Crippen MR) is 70.1 cm³/mol. The number of hydrogen-bond donors (Lipinski definition) is 0. The maximum atomic E-state index is 11.7. The van der Waals surface area contributed by atoms with Gasteiger partial charge in [0.1, 0.15) is 6.10 Å². The molecule has 0 bridgehead atoms. The van der Waals surface area contributed by atoms with Crippen molar-refractivity contribution in [3.63, 3.8) is 0 Å². The molecule has 94 valence electrons. The van der Waals surface area contributed by atoms with Crippen LogP contribution in [0.3, 0.4) is 0 Å². The summed E-state index contributed by atoms with van der Waals surface area (Å²) in [5.41, 5.74) is 0. The van der Waals surface area contributed by atoms with Crippen LogP contribution in [0.25, 0.3) is 0 Å². The number of carbonyl (C=O) groups excluding carboxylic acids is 1. The van der Waals surface area contributed by atoms with Crippen molar-refractivity contribution >= 4 is 17.5 Å². The van der Waals surface area contributed by atoms with Crippen LogP contribution in [0.4, 0.5) is 0 Å². The first kappa shape index (κ1) is 14.0. The fourth-order valence-corrected chi connectivity index (χ4v) is 2.79. The van der Waals surface area contributed by atoms with E-state index in [9.17, 15) is 4.79 Å². The highest BCUT2D eigenvalue weighted by Crippen LogP contribution is 2.16. The lowest BCUT2D eigenvalue weighted by Crippen LogP contribution is -2.31. The third-order valence-electron chi connectivity index (χ3n) is 2.95. The van der Waals surface area contributed by atoms with E-state index in [-0.39, 0.29) is 6.10 Å². The van der Waals surface area contributed by atoms with Crippen LogP contribution in [0.5, 0.6) is 0 Å². The molecule has 0 N–H and O–H groups in total. The second-order valence-corrected chi connectivity index (χ2v) is 5.57. The van der Waals surface area contributed by atoms with Gasteiger partial charge in [0, 0.05) is 17.9 Å². The van der Waals surface area contributed by atoms with Crippen molar-refractivity contribution in [1.82, 2.24) is 0 Å². The Bertz CT molecular complexity index is 188. The number of Topliss-reactive ketones (excluding diaryl/α,β-unsaturated/α-hetero) is 1. The van der Waals surface area contributed by atoms with E-state index in [1.807, 2.05) is 11.8 Å². The van der Waals surface area contributed by atoms with Gasteiger partial charge in [0.05, 0.1) is 6.61 Å². The molecule has 1 atom stereocenters. The summed E-state index contributed by atoms with van der Waals surface area (Å²) < 4.78 is 5.46. The summed E-state index contributed by atoms with van der Waals surface area (Å²) in [6.45, 7) is 2.97. The topological polar surface area (TPSA) is 26.3 Å². The maximum Gasteiger partial charge on any atom is 0.162 e. The molecule has 1 aliphatic rings. The van der Waals surface area contributed by atoms with E-state index >= 15 is 0 Å². The molecule has 0 spiro atoms. The zero-order chi connectivity index (χ0) is 11.6. The number of rotatable bonds is 8. The Morgan fingerprint density at radius 1 is 1.25 bits per heavy atom. The lowest BCUT2D eigenvalue weighted by molar-refractivity contribution is -0.129. The van der Waals surface area contributed by atoms with Crippen molar-refractivity contribution < 1.29 is 9.53 Å². The van der Waals surface area contributed by atoms with Crippen LogP contribution in [-0.2, 0) is 9.53 Å². The summed E-state index contributed by atoms with van der Waals surface area (Å²) in [6, 6.07) is 0. The largest absolute Gasteiger partial charge is 0.369 e. The van der Waals surface area contributed by atoms with Gasteiger partial charge in [-0.1, -0.05) is 39.0 Å². The molecule has 3 heteroatoms. The predicted octanol–water partition coefficient (Wildman–Crippen LogP) is 3.44. The highest BCUT2D eigenvalue weighted by atomic mass is 32.2. The molecule has 1 aliphatic heterocycles. The highest BCUT2D eigenvalue weighted by molar-refractivity contribution is 7.99. The molecule has 1 heterocycles. The van der Waals surface area contributed by atoms with Gasteiger partial charge in [0.15, 0.2) is 5.78 Å². The van der Waals surface area contributed by atoms with E-state index in [1.54, 1.807) is 0 Å². The molecule has 0 aliphatic carbocycles. The summed E-state index contributed by atoms with van der Waals surface area (Å²) in [4.78, 5) is 11.7. The van der Waals surface area contributed by atoms with Gasteiger partial charge in [0.25, 0.3) is 0 Å². The summed E-state index contributed by atoms with van der Waals surface area (Å²) in [5, 5.41) is 0. The monoisotopic (exact) mass is 244 g/mol. The normalized spacial score (nSPS) is 20.9. The van der Waals surface area contributed by atoms with Gasteiger partial charge in [0.2, 0.25) is 0 Å². The van der Waals surface area contributed by atoms with Crippen molar-refractivity contribution in [2.45, 2.75) is 58.0 Å². The molecule has 0 amide bonds. The SMILES string of the molecule is CCCCCCCCC(=O)C1CSCCO1. The van der Waals surface area contributed by atoms with E-state index in [0.29, 0.717) is 5.78 Å². The number of ketones is 1. The number of thioether (sulfide) groups is 1. The van der Waals surface area contributed by atoms with Crippen LogP contribution in [0.1, 0.15) is 51.9 Å². The second kappa shape index (κ2) is 9.06. The van der Waals surface area contributed by atoms with E-state index < -0.39 is 0 Å². The van der Waals surface area contributed by atoms with Crippen LogP contribution >= 0.6 is 11.8 Å². The van der Waals surface area contributed by atoms with Crippen LogP contribution in [0.2, 0.25) is 0 Å². The fourth-order valence-electron chi connectivity index (χ4n) is 1.91. The molecule has 0 aromatic carbocycles. The van der Waals surface area contributed by atoms with Crippen molar-refractivity contribution in [2.24, 2.45) is 0 Å². The molecular weight excluding hydrogens is 220 g/mol. The average molecular weight is 244 g/mol. The van der Waals surface area contributed by atoms with Crippen LogP contribution < -0.4 is 0 Å². The molecule has 1 saturated heterocycles. The Morgan fingerprint density at radius 2 is 2.00 bits per heavy atom. The number of carbonyl (C=O) groups is 1. The zero-order valence-corrected chi connectivity index (χ0v) is 11.2. The van der Waals surface area contributed by atoms with Gasteiger partial charge < -0.3 is 4.74 Å². The fraction of sp³-hybridized carbons (Fsp3) is 0.923. The molecule has 0 aromatic rings. The Labute approximate surface area is 104 Å². The Kier molecular flexibility index (Phi) is 7.95. The van der Waals surface area contributed by atoms with Crippen molar-refractivity contribution in [3.8, 4) is 0 Å². The lowest BCUT2D eigenvalue weighted by atomic mass is 10.1. The van der Waals surface area contributed by atoms with E-state index in [2.05, 4.69) is 6.92 Å². The molecule has 2 nitrogen and oxygen atoms in total. The van der Waals surface area contributed by atoms with Crippen LogP contribution in [0, 0.1) is 0 Å². The minimum absolute atomic E-state index is 0.102. The minimum Gasteiger partial charge on any atom is -0.369 e. The standard InChI is InChI=1S/C13H24O2S/c1-2-3-4-5-6-7-8-12(14)13-11-16-10-9-15-13/h13H,2-11H2,1H3.